The molecule has 0 radical (unpaired) electrons. The minimum atomic E-state index is -0.201. The Hall–Kier alpha value is -2.40. The standard InChI is InChI=1S/C20H24FN3O/c21-18-8-6-17(7-9-18)15-24-12-10-19(11-13-24)23-20(25)22-14-16-4-2-1-3-5-16/h1-9,19H,10-15H2,(H2,22,23,25). The van der Waals surface area contributed by atoms with Crippen LogP contribution in [0.25, 0.3) is 0 Å². The van der Waals surface area contributed by atoms with Crippen molar-refractivity contribution in [2.45, 2.75) is 32.0 Å². The quantitative estimate of drug-likeness (QED) is 0.876. The molecule has 1 fully saturated rings. The van der Waals surface area contributed by atoms with Gasteiger partial charge in [-0.05, 0) is 36.1 Å². The first kappa shape index (κ1) is 17.4. The molecular weight excluding hydrogens is 317 g/mol. The zero-order chi connectivity index (χ0) is 17.5. The smallest absolute Gasteiger partial charge is 0.315 e. The van der Waals surface area contributed by atoms with Gasteiger partial charge in [0.2, 0.25) is 0 Å². The molecule has 2 aromatic carbocycles. The first-order valence-electron chi connectivity index (χ1n) is 8.74. The van der Waals surface area contributed by atoms with Gasteiger partial charge in [-0.1, -0.05) is 42.5 Å². The fourth-order valence-electron chi connectivity index (χ4n) is 3.10. The lowest BCUT2D eigenvalue weighted by Crippen LogP contribution is -2.47. The van der Waals surface area contributed by atoms with E-state index in [2.05, 4.69) is 15.5 Å². The molecule has 2 N–H and O–H groups in total. The average molecular weight is 341 g/mol. The van der Waals surface area contributed by atoms with Crippen molar-refractivity contribution in [1.82, 2.24) is 15.5 Å². The van der Waals surface area contributed by atoms with Crippen molar-refractivity contribution >= 4 is 6.03 Å². The van der Waals surface area contributed by atoms with E-state index in [9.17, 15) is 9.18 Å². The van der Waals surface area contributed by atoms with Gasteiger partial charge in [-0.3, -0.25) is 4.90 Å². The summed E-state index contributed by atoms with van der Waals surface area (Å²) >= 11 is 0. The highest BCUT2D eigenvalue weighted by Gasteiger charge is 2.20. The van der Waals surface area contributed by atoms with Crippen LogP contribution in [0.15, 0.2) is 54.6 Å². The SMILES string of the molecule is O=C(NCc1ccccc1)NC1CCN(Cc2ccc(F)cc2)CC1. The van der Waals surface area contributed by atoms with Gasteiger partial charge in [-0.25, -0.2) is 9.18 Å². The Kier molecular flexibility index (Phi) is 6.01. The summed E-state index contributed by atoms with van der Waals surface area (Å²) in [5.41, 5.74) is 2.21. The number of piperidine rings is 1. The predicted molar refractivity (Wildman–Crippen MR) is 96.5 cm³/mol. The molecule has 0 aromatic heterocycles. The second-order valence-electron chi connectivity index (χ2n) is 6.49. The largest absolute Gasteiger partial charge is 0.335 e. The molecule has 5 heteroatoms. The van der Waals surface area contributed by atoms with Crippen LogP contribution in [0.3, 0.4) is 0 Å². The average Bonchev–Trinajstić information content (AvgIpc) is 2.64. The van der Waals surface area contributed by atoms with Crippen LogP contribution in [0.4, 0.5) is 9.18 Å². The first-order chi connectivity index (χ1) is 12.2. The summed E-state index contributed by atoms with van der Waals surface area (Å²) in [7, 11) is 0. The number of carbonyl (C=O) groups excluding carboxylic acids is 1. The molecule has 1 aliphatic rings. The van der Waals surface area contributed by atoms with Crippen molar-refractivity contribution in [1.29, 1.82) is 0 Å². The topological polar surface area (TPSA) is 44.4 Å². The van der Waals surface area contributed by atoms with Gasteiger partial charge in [0, 0.05) is 32.2 Å². The molecule has 1 aliphatic heterocycles. The highest BCUT2D eigenvalue weighted by Crippen LogP contribution is 2.14. The Morgan fingerprint density at radius 3 is 2.36 bits per heavy atom. The van der Waals surface area contributed by atoms with E-state index >= 15 is 0 Å². The number of benzene rings is 2. The van der Waals surface area contributed by atoms with E-state index in [0.29, 0.717) is 6.54 Å². The van der Waals surface area contributed by atoms with E-state index in [1.165, 1.54) is 12.1 Å². The molecule has 0 bridgehead atoms. The van der Waals surface area contributed by atoms with Crippen molar-refractivity contribution in [3.05, 3.63) is 71.5 Å². The molecule has 0 saturated carbocycles. The van der Waals surface area contributed by atoms with Crippen LogP contribution >= 0.6 is 0 Å². The Morgan fingerprint density at radius 2 is 1.68 bits per heavy atom. The molecular formula is C20H24FN3O. The Labute approximate surface area is 148 Å². The molecule has 2 aromatic rings. The second kappa shape index (κ2) is 8.62. The summed E-state index contributed by atoms with van der Waals surface area (Å²) < 4.78 is 12.9. The summed E-state index contributed by atoms with van der Waals surface area (Å²) in [5, 5.41) is 5.96. The van der Waals surface area contributed by atoms with Crippen molar-refractivity contribution in [2.75, 3.05) is 13.1 Å². The van der Waals surface area contributed by atoms with Crippen LogP contribution in [-0.4, -0.2) is 30.1 Å². The third-order valence-electron chi connectivity index (χ3n) is 4.54. The number of nitrogens with zero attached hydrogens (tertiary/aromatic N) is 1. The van der Waals surface area contributed by atoms with E-state index in [1.807, 2.05) is 42.5 Å². The number of carbonyl (C=O) groups is 1. The fourth-order valence-corrected chi connectivity index (χ4v) is 3.10. The lowest BCUT2D eigenvalue weighted by Gasteiger charge is -2.32. The van der Waals surface area contributed by atoms with Gasteiger partial charge in [0.25, 0.3) is 0 Å². The van der Waals surface area contributed by atoms with Gasteiger partial charge in [0.05, 0.1) is 0 Å². The van der Waals surface area contributed by atoms with Crippen LogP contribution in [0.2, 0.25) is 0 Å². The number of urea groups is 1. The maximum atomic E-state index is 12.9. The number of nitrogens with one attached hydrogen (secondary N) is 2. The van der Waals surface area contributed by atoms with Crippen LogP contribution < -0.4 is 10.6 Å². The van der Waals surface area contributed by atoms with Gasteiger partial charge >= 0.3 is 6.03 Å². The van der Waals surface area contributed by atoms with Crippen LogP contribution in [0.1, 0.15) is 24.0 Å². The van der Waals surface area contributed by atoms with Gasteiger partial charge in [0.15, 0.2) is 0 Å². The lowest BCUT2D eigenvalue weighted by atomic mass is 10.0. The van der Waals surface area contributed by atoms with E-state index < -0.39 is 0 Å². The summed E-state index contributed by atoms with van der Waals surface area (Å²) in [5.74, 6) is -0.201. The summed E-state index contributed by atoms with van der Waals surface area (Å²) in [4.78, 5) is 14.4. The van der Waals surface area contributed by atoms with Crippen LogP contribution in [0, 0.1) is 5.82 Å². The van der Waals surface area contributed by atoms with Crippen molar-refractivity contribution in [2.24, 2.45) is 0 Å². The van der Waals surface area contributed by atoms with Crippen LogP contribution in [0.5, 0.6) is 0 Å². The summed E-state index contributed by atoms with van der Waals surface area (Å²) in [6, 6.07) is 16.6. The molecule has 0 aliphatic carbocycles. The van der Waals surface area contributed by atoms with Gasteiger partial charge in [0.1, 0.15) is 5.82 Å². The minimum absolute atomic E-state index is 0.110. The molecule has 1 heterocycles. The zero-order valence-electron chi connectivity index (χ0n) is 14.2. The number of likely N-dealkylation sites (tertiary alicyclic amines) is 1. The van der Waals surface area contributed by atoms with E-state index in [-0.39, 0.29) is 17.9 Å². The van der Waals surface area contributed by atoms with Crippen molar-refractivity contribution in [3.63, 3.8) is 0 Å². The van der Waals surface area contributed by atoms with E-state index in [1.54, 1.807) is 0 Å². The van der Waals surface area contributed by atoms with Crippen molar-refractivity contribution in [3.8, 4) is 0 Å². The first-order valence-corrected chi connectivity index (χ1v) is 8.74. The molecule has 0 spiro atoms. The highest BCUT2D eigenvalue weighted by atomic mass is 19.1. The van der Waals surface area contributed by atoms with Gasteiger partial charge in [-0.2, -0.15) is 0 Å². The van der Waals surface area contributed by atoms with Gasteiger partial charge < -0.3 is 10.6 Å². The number of hydrogen-bond donors (Lipinski definition) is 2. The van der Waals surface area contributed by atoms with Crippen LogP contribution in [-0.2, 0) is 13.1 Å². The third kappa shape index (κ3) is 5.57. The van der Waals surface area contributed by atoms with Crippen molar-refractivity contribution < 1.29 is 9.18 Å². The fraction of sp³-hybridized carbons (Fsp3) is 0.350. The Balaban J connectivity index is 1.37. The number of halogens is 1. The van der Waals surface area contributed by atoms with Gasteiger partial charge in [-0.15, -0.1) is 0 Å². The molecule has 1 saturated heterocycles. The third-order valence-corrected chi connectivity index (χ3v) is 4.54. The maximum absolute atomic E-state index is 12.9. The molecule has 4 nitrogen and oxygen atoms in total. The summed E-state index contributed by atoms with van der Waals surface area (Å²) in [6.45, 7) is 3.23. The van der Waals surface area contributed by atoms with E-state index in [0.717, 1.165) is 43.6 Å². The number of hydrogen-bond acceptors (Lipinski definition) is 2. The highest BCUT2D eigenvalue weighted by molar-refractivity contribution is 5.74. The van der Waals surface area contributed by atoms with E-state index in [4.69, 9.17) is 0 Å². The normalized spacial score (nSPS) is 15.7. The Bertz CT molecular complexity index is 667. The number of amides is 2. The summed E-state index contributed by atoms with van der Waals surface area (Å²) in [6.07, 6.45) is 1.86. The zero-order valence-corrected chi connectivity index (χ0v) is 14.2. The molecule has 3 rings (SSSR count). The molecule has 132 valence electrons. The minimum Gasteiger partial charge on any atom is -0.335 e. The maximum Gasteiger partial charge on any atom is 0.315 e. The Morgan fingerprint density at radius 1 is 1.00 bits per heavy atom. The number of rotatable bonds is 5. The molecule has 0 atom stereocenters. The monoisotopic (exact) mass is 341 g/mol. The molecule has 0 unspecified atom stereocenters. The predicted octanol–water partition coefficient (Wildman–Crippen LogP) is 3.29. The second-order valence-corrected chi connectivity index (χ2v) is 6.49. The molecule has 25 heavy (non-hydrogen) atoms. The lowest BCUT2D eigenvalue weighted by molar-refractivity contribution is 0.186. The molecule has 2 amide bonds.